The Balaban J connectivity index is 2.26. The van der Waals surface area contributed by atoms with Crippen LogP contribution in [0.15, 0.2) is 0 Å². The third kappa shape index (κ3) is 6.59. The van der Waals surface area contributed by atoms with Gasteiger partial charge in [-0.1, -0.05) is 6.92 Å². The quantitative estimate of drug-likeness (QED) is 0.344. The lowest BCUT2D eigenvalue weighted by Crippen LogP contribution is -2.40. The highest BCUT2D eigenvalue weighted by Crippen LogP contribution is 2.16. The molecule has 6 nitrogen and oxygen atoms in total. The number of hydrogen-bond acceptors (Lipinski definition) is 6. The van der Waals surface area contributed by atoms with Gasteiger partial charge < -0.3 is 20.1 Å². The first kappa shape index (κ1) is 18.8. The van der Waals surface area contributed by atoms with Crippen LogP contribution < -0.4 is 0 Å². The lowest BCUT2D eigenvalue weighted by Gasteiger charge is -2.30. The number of likely N-dealkylation sites (N-methyl/N-ethyl adjacent to an activating group) is 1. The Kier molecular flexibility index (Phi) is 10.2. The summed E-state index contributed by atoms with van der Waals surface area (Å²) in [5.74, 6) is 0. The molecule has 0 amide bonds. The molecule has 0 aliphatic carbocycles. The summed E-state index contributed by atoms with van der Waals surface area (Å²) in [4.78, 5) is 4.37. The van der Waals surface area contributed by atoms with Gasteiger partial charge in [-0.05, 0) is 32.4 Å². The number of aliphatic hydroxyl groups is 3. The predicted molar refractivity (Wildman–Crippen MR) is 82.1 cm³/mol. The monoisotopic (exact) mass is 304 g/mol. The number of nitrogens with zero attached hydrogens (tertiary/aromatic N) is 2. The zero-order valence-electron chi connectivity index (χ0n) is 13.3. The molecule has 0 bridgehead atoms. The van der Waals surface area contributed by atoms with Gasteiger partial charge in [0.05, 0.1) is 13.2 Å². The molecule has 1 aliphatic heterocycles. The minimum Gasteiger partial charge on any atom is -0.396 e. The summed E-state index contributed by atoms with van der Waals surface area (Å²) in [5, 5.41) is 27.5. The van der Waals surface area contributed by atoms with Crippen molar-refractivity contribution in [2.24, 2.45) is 0 Å². The summed E-state index contributed by atoms with van der Waals surface area (Å²) in [6.45, 7) is 6.48. The minimum atomic E-state index is -0.126. The average Bonchev–Trinajstić information content (AvgIpc) is 2.95. The lowest BCUT2D eigenvalue weighted by atomic mass is 10.2. The highest BCUT2D eigenvalue weighted by molar-refractivity contribution is 4.78. The van der Waals surface area contributed by atoms with E-state index >= 15 is 0 Å². The maximum absolute atomic E-state index is 9.28. The molecule has 126 valence electrons. The summed E-state index contributed by atoms with van der Waals surface area (Å²) in [6.07, 6.45) is 3.62. The average molecular weight is 304 g/mol. The van der Waals surface area contributed by atoms with Gasteiger partial charge in [0, 0.05) is 38.8 Å². The smallest absolute Gasteiger partial charge is 0.112 e. The van der Waals surface area contributed by atoms with Gasteiger partial charge in [-0.2, -0.15) is 0 Å². The van der Waals surface area contributed by atoms with E-state index in [9.17, 15) is 5.11 Å². The maximum Gasteiger partial charge on any atom is 0.112 e. The van der Waals surface area contributed by atoms with Gasteiger partial charge in [0.2, 0.25) is 0 Å². The first-order valence-electron chi connectivity index (χ1n) is 8.19. The second-order valence-corrected chi connectivity index (χ2v) is 5.56. The second kappa shape index (κ2) is 11.3. The van der Waals surface area contributed by atoms with Crippen LogP contribution in [0.5, 0.6) is 0 Å². The molecular formula is C15H32N2O4. The van der Waals surface area contributed by atoms with Gasteiger partial charge in [-0.25, -0.2) is 0 Å². The van der Waals surface area contributed by atoms with Crippen molar-refractivity contribution in [3.05, 3.63) is 0 Å². The number of aliphatic hydroxyl groups excluding tert-OH is 3. The standard InChI is InChI=1S/C15H32N2O4/c1-2-16(9-11-19)15(6-10-18)21-12-4-8-17-7-3-5-14(17)13-20/h14-15,18-20H,2-13H2,1H3. The van der Waals surface area contributed by atoms with Crippen LogP contribution in [0.1, 0.15) is 32.6 Å². The Hall–Kier alpha value is -0.240. The van der Waals surface area contributed by atoms with Crippen molar-refractivity contribution in [2.75, 3.05) is 52.6 Å². The largest absolute Gasteiger partial charge is 0.396 e. The van der Waals surface area contributed by atoms with Gasteiger partial charge in [-0.15, -0.1) is 0 Å². The molecule has 1 fully saturated rings. The number of hydrogen-bond donors (Lipinski definition) is 3. The van der Waals surface area contributed by atoms with Crippen molar-refractivity contribution in [2.45, 2.75) is 44.9 Å². The zero-order chi connectivity index (χ0) is 15.5. The van der Waals surface area contributed by atoms with Crippen LogP contribution in [0.25, 0.3) is 0 Å². The summed E-state index contributed by atoms with van der Waals surface area (Å²) in [6, 6.07) is 0.319. The van der Waals surface area contributed by atoms with Gasteiger partial charge in [-0.3, -0.25) is 9.80 Å². The van der Waals surface area contributed by atoms with Gasteiger partial charge in [0.25, 0.3) is 0 Å². The Labute approximate surface area is 128 Å². The van der Waals surface area contributed by atoms with E-state index < -0.39 is 0 Å². The van der Waals surface area contributed by atoms with Crippen LogP contribution in [-0.4, -0.2) is 90.0 Å². The predicted octanol–water partition coefficient (Wildman–Crippen LogP) is -0.127. The molecule has 21 heavy (non-hydrogen) atoms. The molecule has 2 unspecified atom stereocenters. The molecule has 3 N–H and O–H groups in total. The van der Waals surface area contributed by atoms with Crippen molar-refractivity contribution in [3.8, 4) is 0 Å². The molecule has 0 aromatic rings. The molecule has 1 heterocycles. The van der Waals surface area contributed by atoms with Crippen LogP contribution in [-0.2, 0) is 4.74 Å². The minimum absolute atomic E-state index is 0.0886. The fourth-order valence-electron chi connectivity index (χ4n) is 3.00. The maximum atomic E-state index is 9.28. The fraction of sp³-hybridized carbons (Fsp3) is 1.00. The molecule has 1 aliphatic rings. The molecule has 0 radical (unpaired) electrons. The molecular weight excluding hydrogens is 272 g/mol. The van der Waals surface area contributed by atoms with Crippen molar-refractivity contribution in [1.82, 2.24) is 9.80 Å². The molecule has 0 saturated carbocycles. The summed E-state index contributed by atoms with van der Waals surface area (Å²) < 4.78 is 5.88. The first-order valence-corrected chi connectivity index (χ1v) is 8.19. The van der Waals surface area contributed by atoms with Crippen LogP contribution in [0.2, 0.25) is 0 Å². The van der Waals surface area contributed by atoms with Gasteiger partial charge >= 0.3 is 0 Å². The van der Waals surface area contributed by atoms with E-state index in [0.29, 0.717) is 25.6 Å². The normalized spacial score (nSPS) is 21.3. The van der Waals surface area contributed by atoms with Crippen LogP contribution >= 0.6 is 0 Å². The summed E-state index contributed by atoms with van der Waals surface area (Å²) >= 11 is 0. The Morgan fingerprint density at radius 3 is 2.71 bits per heavy atom. The molecule has 6 heteroatoms. The second-order valence-electron chi connectivity index (χ2n) is 5.56. The van der Waals surface area contributed by atoms with E-state index in [0.717, 1.165) is 32.5 Å². The van der Waals surface area contributed by atoms with Crippen LogP contribution in [0, 0.1) is 0 Å². The zero-order valence-corrected chi connectivity index (χ0v) is 13.3. The van der Waals surface area contributed by atoms with Gasteiger partial charge in [0.1, 0.15) is 6.23 Å². The van der Waals surface area contributed by atoms with E-state index in [-0.39, 0.29) is 26.0 Å². The number of ether oxygens (including phenoxy) is 1. The van der Waals surface area contributed by atoms with E-state index in [1.807, 2.05) is 11.8 Å². The highest BCUT2D eigenvalue weighted by Gasteiger charge is 2.23. The van der Waals surface area contributed by atoms with Crippen molar-refractivity contribution >= 4 is 0 Å². The SMILES string of the molecule is CCN(CCO)C(CCO)OCCCN1CCCC1CO. The Morgan fingerprint density at radius 2 is 2.10 bits per heavy atom. The van der Waals surface area contributed by atoms with E-state index in [4.69, 9.17) is 14.9 Å². The first-order chi connectivity index (χ1) is 10.3. The molecule has 1 saturated heterocycles. The highest BCUT2D eigenvalue weighted by atomic mass is 16.5. The molecule has 1 rings (SSSR count). The Morgan fingerprint density at radius 1 is 1.29 bits per heavy atom. The third-order valence-electron chi connectivity index (χ3n) is 4.19. The summed E-state index contributed by atoms with van der Waals surface area (Å²) in [7, 11) is 0. The van der Waals surface area contributed by atoms with Crippen LogP contribution in [0.3, 0.4) is 0 Å². The topological polar surface area (TPSA) is 76.4 Å². The number of likely N-dealkylation sites (tertiary alicyclic amines) is 1. The third-order valence-corrected chi connectivity index (χ3v) is 4.19. The van der Waals surface area contributed by atoms with Crippen LogP contribution in [0.4, 0.5) is 0 Å². The van der Waals surface area contributed by atoms with Gasteiger partial charge in [0.15, 0.2) is 0 Å². The van der Waals surface area contributed by atoms with Crippen molar-refractivity contribution in [1.29, 1.82) is 0 Å². The fourth-order valence-corrected chi connectivity index (χ4v) is 3.00. The summed E-state index contributed by atoms with van der Waals surface area (Å²) in [5.41, 5.74) is 0. The Bertz CT molecular complexity index is 256. The van der Waals surface area contributed by atoms with Crippen molar-refractivity contribution in [3.63, 3.8) is 0 Å². The van der Waals surface area contributed by atoms with E-state index in [2.05, 4.69) is 4.90 Å². The lowest BCUT2D eigenvalue weighted by molar-refractivity contribution is -0.0751. The number of rotatable bonds is 12. The molecule has 0 spiro atoms. The molecule has 2 atom stereocenters. The molecule has 0 aromatic carbocycles. The van der Waals surface area contributed by atoms with Crippen molar-refractivity contribution < 1.29 is 20.1 Å². The van der Waals surface area contributed by atoms with E-state index in [1.165, 1.54) is 6.42 Å². The van der Waals surface area contributed by atoms with E-state index in [1.54, 1.807) is 0 Å². The molecule has 0 aromatic heterocycles.